The SMILES string of the molecule is CCNC(=O)c1ccc(N)cc1N1CCSC(C)C1. The quantitative estimate of drug-likeness (QED) is 0.831. The van der Waals surface area contributed by atoms with Crippen LogP contribution in [0.3, 0.4) is 0 Å². The molecule has 4 nitrogen and oxygen atoms in total. The molecule has 1 aliphatic rings. The second-order valence-corrected chi connectivity index (χ2v) is 6.31. The van der Waals surface area contributed by atoms with Crippen molar-refractivity contribution < 1.29 is 4.79 Å². The van der Waals surface area contributed by atoms with Crippen LogP contribution < -0.4 is 16.0 Å². The standard InChI is InChI=1S/C14H21N3OS/c1-3-16-14(18)12-5-4-11(15)8-13(12)17-6-7-19-10(2)9-17/h4-5,8,10H,3,6-7,9,15H2,1-2H3,(H,16,18). The largest absolute Gasteiger partial charge is 0.399 e. The summed E-state index contributed by atoms with van der Waals surface area (Å²) in [6.45, 7) is 6.70. The van der Waals surface area contributed by atoms with E-state index < -0.39 is 0 Å². The molecule has 1 amide bonds. The molecule has 0 spiro atoms. The van der Waals surface area contributed by atoms with Gasteiger partial charge < -0.3 is 16.0 Å². The number of nitrogens with two attached hydrogens (primary N) is 1. The molecular weight excluding hydrogens is 258 g/mol. The van der Waals surface area contributed by atoms with Gasteiger partial charge in [0.2, 0.25) is 0 Å². The molecule has 3 N–H and O–H groups in total. The minimum Gasteiger partial charge on any atom is -0.399 e. The number of hydrogen-bond donors (Lipinski definition) is 2. The van der Waals surface area contributed by atoms with E-state index >= 15 is 0 Å². The lowest BCUT2D eigenvalue weighted by atomic mass is 10.1. The van der Waals surface area contributed by atoms with Crippen molar-refractivity contribution in [1.29, 1.82) is 0 Å². The number of amides is 1. The number of nitrogens with zero attached hydrogens (tertiary/aromatic N) is 1. The smallest absolute Gasteiger partial charge is 0.253 e. The van der Waals surface area contributed by atoms with Gasteiger partial charge in [-0.2, -0.15) is 11.8 Å². The molecule has 1 atom stereocenters. The van der Waals surface area contributed by atoms with Crippen LogP contribution in [0, 0.1) is 0 Å². The van der Waals surface area contributed by atoms with Crippen molar-refractivity contribution in [3.8, 4) is 0 Å². The zero-order valence-electron chi connectivity index (χ0n) is 11.5. The fourth-order valence-corrected chi connectivity index (χ4v) is 3.31. The van der Waals surface area contributed by atoms with Gasteiger partial charge in [-0.1, -0.05) is 6.92 Å². The van der Waals surface area contributed by atoms with Gasteiger partial charge in [0.05, 0.1) is 11.3 Å². The molecule has 1 fully saturated rings. The summed E-state index contributed by atoms with van der Waals surface area (Å²) in [5.74, 6) is 1.06. The van der Waals surface area contributed by atoms with Crippen LogP contribution in [0.5, 0.6) is 0 Å². The number of rotatable bonds is 3. The van der Waals surface area contributed by atoms with Crippen molar-refractivity contribution in [2.75, 3.05) is 36.0 Å². The molecule has 0 aromatic heterocycles. The summed E-state index contributed by atoms with van der Waals surface area (Å²) in [5.41, 5.74) is 8.26. The Hall–Kier alpha value is -1.36. The van der Waals surface area contributed by atoms with E-state index in [-0.39, 0.29) is 5.91 Å². The Kier molecular flexibility index (Phi) is 4.58. The topological polar surface area (TPSA) is 58.4 Å². The summed E-state index contributed by atoms with van der Waals surface area (Å²) >= 11 is 1.97. The van der Waals surface area contributed by atoms with Crippen molar-refractivity contribution in [1.82, 2.24) is 5.32 Å². The molecule has 1 aromatic carbocycles. The maximum absolute atomic E-state index is 12.1. The van der Waals surface area contributed by atoms with Gasteiger partial charge >= 0.3 is 0 Å². The third-order valence-electron chi connectivity index (χ3n) is 3.19. The minimum absolute atomic E-state index is 0.0246. The van der Waals surface area contributed by atoms with Crippen LogP contribution in [-0.4, -0.2) is 36.5 Å². The zero-order valence-corrected chi connectivity index (χ0v) is 12.3. The number of carbonyl (C=O) groups is 1. The monoisotopic (exact) mass is 279 g/mol. The van der Waals surface area contributed by atoms with E-state index in [4.69, 9.17) is 5.73 Å². The molecule has 1 aromatic rings. The highest BCUT2D eigenvalue weighted by Crippen LogP contribution is 2.28. The molecular formula is C14H21N3OS. The highest BCUT2D eigenvalue weighted by Gasteiger charge is 2.21. The predicted molar refractivity (Wildman–Crippen MR) is 83.0 cm³/mol. The van der Waals surface area contributed by atoms with Gasteiger partial charge in [-0.05, 0) is 25.1 Å². The van der Waals surface area contributed by atoms with E-state index in [0.29, 0.717) is 17.5 Å². The normalized spacial score (nSPS) is 19.3. The molecule has 1 aliphatic heterocycles. The Morgan fingerprint density at radius 1 is 1.58 bits per heavy atom. The van der Waals surface area contributed by atoms with Gasteiger partial charge in [0, 0.05) is 36.3 Å². The molecule has 0 aliphatic carbocycles. The zero-order chi connectivity index (χ0) is 13.8. The Morgan fingerprint density at radius 2 is 2.37 bits per heavy atom. The molecule has 5 heteroatoms. The number of nitrogens with one attached hydrogen (secondary N) is 1. The Labute approximate surface area is 118 Å². The van der Waals surface area contributed by atoms with Gasteiger partial charge in [0.1, 0.15) is 0 Å². The number of thioether (sulfide) groups is 1. The first-order valence-electron chi connectivity index (χ1n) is 6.66. The number of nitrogen functional groups attached to an aromatic ring is 1. The summed E-state index contributed by atoms with van der Waals surface area (Å²) in [6, 6.07) is 5.52. The average molecular weight is 279 g/mol. The van der Waals surface area contributed by atoms with Gasteiger partial charge in [0.25, 0.3) is 5.91 Å². The van der Waals surface area contributed by atoms with E-state index in [0.717, 1.165) is 30.1 Å². The summed E-state index contributed by atoms with van der Waals surface area (Å²) in [7, 11) is 0. The van der Waals surface area contributed by atoms with E-state index in [9.17, 15) is 4.79 Å². The summed E-state index contributed by atoms with van der Waals surface area (Å²) in [5, 5.41) is 3.44. The number of anilines is 2. The first kappa shape index (κ1) is 14.1. The molecule has 0 radical (unpaired) electrons. The van der Waals surface area contributed by atoms with Crippen LogP contribution >= 0.6 is 11.8 Å². The average Bonchev–Trinajstić information content (AvgIpc) is 2.39. The fraction of sp³-hybridized carbons (Fsp3) is 0.500. The first-order valence-corrected chi connectivity index (χ1v) is 7.71. The highest BCUT2D eigenvalue weighted by atomic mass is 32.2. The molecule has 104 valence electrons. The van der Waals surface area contributed by atoms with Gasteiger partial charge in [-0.3, -0.25) is 4.79 Å². The molecule has 1 saturated heterocycles. The van der Waals surface area contributed by atoms with Gasteiger partial charge in [-0.25, -0.2) is 0 Å². The fourth-order valence-electron chi connectivity index (χ4n) is 2.30. The van der Waals surface area contributed by atoms with Gasteiger partial charge in [-0.15, -0.1) is 0 Å². The van der Waals surface area contributed by atoms with Crippen LogP contribution in [0.15, 0.2) is 18.2 Å². The van der Waals surface area contributed by atoms with E-state index in [2.05, 4.69) is 17.1 Å². The van der Waals surface area contributed by atoms with Crippen LogP contribution in [-0.2, 0) is 0 Å². The third kappa shape index (κ3) is 3.35. The number of carbonyl (C=O) groups excluding carboxylic acids is 1. The Morgan fingerprint density at radius 3 is 3.05 bits per heavy atom. The first-order chi connectivity index (χ1) is 9.11. The maximum atomic E-state index is 12.1. The predicted octanol–water partition coefficient (Wildman–Crippen LogP) is 1.96. The molecule has 1 unspecified atom stereocenters. The lowest BCUT2D eigenvalue weighted by Crippen LogP contribution is -2.38. The molecule has 19 heavy (non-hydrogen) atoms. The summed E-state index contributed by atoms with van der Waals surface area (Å²) < 4.78 is 0. The summed E-state index contributed by atoms with van der Waals surface area (Å²) in [6.07, 6.45) is 0. The van der Waals surface area contributed by atoms with Gasteiger partial charge in [0.15, 0.2) is 0 Å². The number of benzene rings is 1. The highest BCUT2D eigenvalue weighted by molar-refractivity contribution is 8.00. The van der Waals surface area contributed by atoms with Crippen LogP contribution in [0.4, 0.5) is 11.4 Å². The lowest BCUT2D eigenvalue weighted by Gasteiger charge is -2.33. The number of hydrogen-bond acceptors (Lipinski definition) is 4. The third-order valence-corrected chi connectivity index (χ3v) is 4.32. The Bertz CT molecular complexity index is 464. The van der Waals surface area contributed by atoms with Crippen LogP contribution in [0.25, 0.3) is 0 Å². The summed E-state index contributed by atoms with van der Waals surface area (Å²) in [4.78, 5) is 14.4. The Balaban J connectivity index is 2.31. The maximum Gasteiger partial charge on any atom is 0.253 e. The van der Waals surface area contributed by atoms with Crippen LogP contribution in [0.2, 0.25) is 0 Å². The molecule has 2 rings (SSSR count). The molecule has 0 saturated carbocycles. The molecule has 1 heterocycles. The van der Waals surface area contributed by atoms with E-state index in [1.54, 1.807) is 6.07 Å². The second kappa shape index (κ2) is 6.19. The van der Waals surface area contributed by atoms with Crippen molar-refractivity contribution in [2.24, 2.45) is 0 Å². The van der Waals surface area contributed by atoms with Crippen molar-refractivity contribution in [3.05, 3.63) is 23.8 Å². The van der Waals surface area contributed by atoms with Crippen molar-refractivity contribution in [3.63, 3.8) is 0 Å². The second-order valence-electron chi connectivity index (χ2n) is 4.76. The van der Waals surface area contributed by atoms with Crippen molar-refractivity contribution in [2.45, 2.75) is 19.1 Å². The van der Waals surface area contributed by atoms with Crippen LogP contribution in [0.1, 0.15) is 24.2 Å². The lowest BCUT2D eigenvalue weighted by molar-refractivity contribution is 0.0956. The van der Waals surface area contributed by atoms with E-state index in [1.807, 2.05) is 30.8 Å². The van der Waals surface area contributed by atoms with Crippen molar-refractivity contribution >= 4 is 29.0 Å². The van der Waals surface area contributed by atoms with E-state index in [1.165, 1.54) is 0 Å². The minimum atomic E-state index is -0.0246. The molecule has 0 bridgehead atoms.